The number of nitrogens with zero attached hydrogens (tertiary/aromatic N) is 2. The minimum atomic E-state index is -3.91. The van der Waals surface area contributed by atoms with Crippen molar-refractivity contribution in [3.63, 3.8) is 0 Å². The van der Waals surface area contributed by atoms with Gasteiger partial charge in [0.25, 0.3) is 16.0 Å². The lowest BCUT2D eigenvalue weighted by Crippen LogP contribution is -2.54. The molecule has 1 aliphatic carbocycles. The summed E-state index contributed by atoms with van der Waals surface area (Å²) in [6, 6.07) is 9.79. The van der Waals surface area contributed by atoms with Crippen LogP contribution in [0.4, 0.5) is 5.69 Å². The van der Waals surface area contributed by atoms with Crippen LogP contribution in [0.25, 0.3) is 0 Å². The Hall–Kier alpha value is -3.22. The number of rotatable bonds is 16. The third-order valence-electron chi connectivity index (χ3n) is 7.77. The fourth-order valence-electron chi connectivity index (χ4n) is 4.52. The summed E-state index contributed by atoms with van der Waals surface area (Å²) < 4.78 is 46.7. The lowest BCUT2D eigenvalue weighted by atomic mass is 9.92. The van der Waals surface area contributed by atoms with Gasteiger partial charge in [0, 0.05) is 26.6 Å². The Morgan fingerprint density at radius 3 is 2.36 bits per heavy atom. The van der Waals surface area contributed by atoms with E-state index in [9.17, 15) is 18.0 Å². The van der Waals surface area contributed by atoms with Crippen molar-refractivity contribution in [2.75, 3.05) is 44.9 Å². The van der Waals surface area contributed by atoms with Crippen molar-refractivity contribution in [2.45, 2.75) is 69.4 Å². The molecule has 1 aliphatic heterocycles. The van der Waals surface area contributed by atoms with Gasteiger partial charge in [0.05, 0.1) is 30.8 Å². The Morgan fingerprint density at radius 2 is 1.74 bits per heavy atom. The lowest BCUT2D eigenvalue weighted by Gasteiger charge is -2.40. The molecule has 0 atom stereocenters. The zero-order chi connectivity index (χ0) is 30.3. The van der Waals surface area contributed by atoms with Crippen LogP contribution in [-0.2, 0) is 28.6 Å². The summed E-state index contributed by atoms with van der Waals surface area (Å²) in [5, 5.41) is 2.84. The standard InChI is InChI=1S/C30H41N3O8S/c1-5-30(6-2,29(35)39-16-7-17-41-42(36,37)24-12-8-21(3)9-13-24)32-27(34)25-14-15-26(33-18-23(19-33)38-4)28(31-25)40-20-22-10-11-22/h8-9,12-15,22-23H,5-7,10-11,16-20H2,1-4H3,(H,32,34). The smallest absolute Gasteiger partial charge is 0.331 e. The van der Waals surface area contributed by atoms with Crippen molar-refractivity contribution >= 4 is 27.7 Å². The lowest BCUT2D eigenvalue weighted by molar-refractivity contribution is -0.152. The number of aromatic nitrogens is 1. The average Bonchev–Trinajstić information content (AvgIpc) is 3.79. The first-order chi connectivity index (χ1) is 20.1. The van der Waals surface area contributed by atoms with E-state index in [1.165, 1.54) is 12.1 Å². The Kier molecular flexibility index (Phi) is 10.4. The molecule has 4 rings (SSSR count). The third-order valence-corrected chi connectivity index (χ3v) is 9.09. The highest BCUT2D eigenvalue weighted by Crippen LogP contribution is 2.34. The van der Waals surface area contributed by atoms with E-state index in [4.69, 9.17) is 18.4 Å². The second-order valence-corrected chi connectivity index (χ2v) is 12.5. The fraction of sp³-hybridized carbons (Fsp3) is 0.567. The number of aryl methyl sites for hydroxylation is 1. The van der Waals surface area contributed by atoms with E-state index in [1.54, 1.807) is 39.2 Å². The van der Waals surface area contributed by atoms with Crippen LogP contribution in [0, 0.1) is 12.8 Å². The number of pyridine rings is 1. The maximum Gasteiger partial charge on any atom is 0.331 e. The highest BCUT2D eigenvalue weighted by atomic mass is 32.2. The molecule has 11 nitrogen and oxygen atoms in total. The number of esters is 1. The van der Waals surface area contributed by atoms with Gasteiger partial charge in [0.15, 0.2) is 0 Å². The summed E-state index contributed by atoms with van der Waals surface area (Å²) in [6.07, 6.45) is 3.14. The van der Waals surface area contributed by atoms with E-state index < -0.39 is 27.5 Å². The third kappa shape index (κ3) is 7.78. The number of carbonyl (C=O) groups is 2. The Bertz CT molecular complexity index is 1330. The Balaban J connectivity index is 1.34. The maximum atomic E-state index is 13.3. The monoisotopic (exact) mass is 603 g/mol. The first-order valence-electron chi connectivity index (χ1n) is 14.5. The topological polar surface area (TPSA) is 133 Å². The van der Waals surface area contributed by atoms with Crippen LogP contribution >= 0.6 is 0 Å². The molecule has 2 aliphatic rings. The molecule has 0 radical (unpaired) electrons. The predicted octanol–water partition coefficient (Wildman–Crippen LogP) is 3.64. The molecule has 230 valence electrons. The summed E-state index contributed by atoms with van der Waals surface area (Å²) in [4.78, 5) is 33.2. The Labute approximate surface area is 248 Å². The van der Waals surface area contributed by atoms with Gasteiger partial charge in [-0.3, -0.25) is 8.98 Å². The molecule has 2 fully saturated rings. The first kappa shape index (κ1) is 31.7. The molecule has 12 heteroatoms. The molecule has 1 aromatic heterocycles. The number of benzene rings is 1. The second kappa shape index (κ2) is 13.8. The van der Waals surface area contributed by atoms with Crippen molar-refractivity contribution in [1.29, 1.82) is 0 Å². The van der Waals surface area contributed by atoms with Gasteiger partial charge in [-0.05, 0) is 62.8 Å². The highest BCUT2D eigenvalue weighted by molar-refractivity contribution is 7.86. The van der Waals surface area contributed by atoms with E-state index in [1.807, 2.05) is 13.0 Å². The second-order valence-electron chi connectivity index (χ2n) is 10.9. The quantitative estimate of drug-likeness (QED) is 0.172. The van der Waals surface area contributed by atoms with Crippen molar-refractivity contribution in [3.05, 3.63) is 47.7 Å². The van der Waals surface area contributed by atoms with E-state index in [0.29, 0.717) is 44.3 Å². The molecule has 1 amide bonds. The number of carbonyl (C=O) groups excluding carboxylic acids is 2. The van der Waals surface area contributed by atoms with Crippen molar-refractivity contribution in [3.8, 4) is 5.88 Å². The average molecular weight is 604 g/mol. The molecule has 0 spiro atoms. The summed E-state index contributed by atoms with van der Waals surface area (Å²) in [7, 11) is -2.22. The van der Waals surface area contributed by atoms with Gasteiger partial charge >= 0.3 is 5.97 Å². The van der Waals surface area contributed by atoms with Gasteiger partial charge in [-0.15, -0.1) is 0 Å². The number of amides is 1. The zero-order valence-electron chi connectivity index (χ0n) is 24.8. The number of hydrogen-bond acceptors (Lipinski definition) is 10. The first-order valence-corrected chi connectivity index (χ1v) is 15.9. The van der Waals surface area contributed by atoms with Crippen molar-refractivity contribution in [2.24, 2.45) is 5.92 Å². The molecule has 42 heavy (non-hydrogen) atoms. The van der Waals surface area contributed by atoms with E-state index in [-0.39, 0.29) is 36.3 Å². The van der Waals surface area contributed by atoms with Crippen molar-refractivity contribution in [1.82, 2.24) is 10.3 Å². The zero-order valence-corrected chi connectivity index (χ0v) is 25.6. The van der Waals surface area contributed by atoms with Gasteiger partial charge in [0.1, 0.15) is 16.9 Å². The summed E-state index contributed by atoms with van der Waals surface area (Å²) in [5.74, 6) is -0.207. The number of anilines is 1. The van der Waals surface area contributed by atoms with Crippen LogP contribution in [-0.4, -0.2) is 76.9 Å². The number of nitrogens with one attached hydrogen (secondary N) is 1. The van der Waals surface area contributed by atoms with Gasteiger partial charge < -0.3 is 24.4 Å². The number of ether oxygens (including phenoxy) is 3. The highest BCUT2D eigenvalue weighted by Gasteiger charge is 2.39. The van der Waals surface area contributed by atoms with Crippen LogP contribution in [0.2, 0.25) is 0 Å². The molecule has 2 heterocycles. The molecule has 0 bridgehead atoms. The van der Waals surface area contributed by atoms with E-state index in [0.717, 1.165) is 24.1 Å². The maximum absolute atomic E-state index is 13.3. The molecule has 1 N–H and O–H groups in total. The van der Waals surface area contributed by atoms with Crippen LogP contribution in [0.5, 0.6) is 5.88 Å². The van der Waals surface area contributed by atoms with Gasteiger partial charge in [-0.2, -0.15) is 8.42 Å². The molecular weight excluding hydrogens is 562 g/mol. The fourth-order valence-corrected chi connectivity index (χ4v) is 5.47. The van der Waals surface area contributed by atoms with Crippen LogP contribution in [0.1, 0.15) is 62.0 Å². The van der Waals surface area contributed by atoms with Crippen LogP contribution in [0.15, 0.2) is 41.3 Å². The van der Waals surface area contributed by atoms with Crippen molar-refractivity contribution < 1.29 is 36.4 Å². The minimum Gasteiger partial charge on any atom is -0.476 e. The summed E-state index contributed by atoms with van der Waals surface area (Å²) >= 11 is 0. The van der Waals surface area contributed by atoms with Gasteiger partial charge in [0.2, 0.25) is 5.88 Å². The molecule has 1 saturated heterocycles. The number of hydrogen-bond donors (Lipinski definition) is 1. The molecule has 0 unspecified atom stereocenters. The predicted molar refractivity (Wildman–Crippen MR) is 156 cm³/mol. The largest absolute Gasteiger partial charge is 0.476 e. The minimum absolute atomic E-state index is 0.0652. The van der Waals surface area contributed by atoms with Crippen LogP contribution in [0.3, 0.4) is 0 Å². The normalized spacial score (nSPS) is 15.7. The summed E-state index contributed by atoms with van der Waals surface area (Å²) in [5.41, 5.74) is 0.612. The van der Waals surface area contributed by atoms with Gasteiger partial charge in [-0.25, -0.2) is 9.78 Å². The van der Waals surface area contributed by atoms with E-state index >= 15 is 0 Å². The molecular formula is C30H41N3O8S. The summed E-state index contributed by atoms with van der Waals surface area (Å²) in [6.45, 7) is 7.20. The molecule has 2 aromatic rings. The SMILES string of the molecule is CCC(CC)(NC(=O)c1ccc(N2CC(OC)C2)c(OCC2CC2)n1)C(=O)OCCCOS(=O)(=O)c1ccc(C)cc1. The van der Waals surface area contributed by atoms with Gasteiger partial charge in [-0.1, -0.05) is 31.5 Å². The number of methoxy groups -OCH3 is 1. The Morgan fingerprint density at radius 1 is 1.05 bits per heavy atom. The molecule has 1 aromatic carbocycles. The van der Waals surface area contributed by atoms with E-state index in [2.05, 4.69) is 15.2 Å². The molecule has 1 saturated carbocycles. The van der Waals surface area contributed by atoms with Crippen LogP contribution < -0.4 is 15.0 Å².